The highest BCUT2D eigenvalue weighted by Gasteiger charge is 2.14. The Kier molecular flexibility index (Phi) is 7.08. The van der Waals surface area contributed by atoms with Crippen molar-refractivity contribution in [3.8, 4) is 28.4 Å². The lowest BCUT2D eigenvalue weighted by Gasteiger charge is -2.09. The number of rotatable bonds is 7. The molecule has 168 valence electrons. The third-order valence-electron chi connectivity index (χ3n) is 4.81. The van der Waals surface area contributed by atoms with Crippen LogP contribution in [0.3, 0.4) is 0 Å². The van der Waals surface area contributed by atoms with E-state index in [1.54, 1.807) is 37.2 Å². The molecule has 9 heteroatoms. The van der Waals surface area contributed by atoms with E-state index in [2.05, 4.69) is 10.5 Å². The number of ether oxygens (including phenoxy) is 2. The largest absolute Gasteiger partial charge is 0.493 e. The molecule has 1 N–H and O–H groups in total. The molecule has 0 aliphatic carbocycles. The van der Waals surface area contributed by atoms with Crippen LogP contribution in [0.2, 0.25) is 15.1 Å². The zero-order valence-corrected chi connectivity index (χ0v) is 20.0. The molecule has 3 aromatic carbocycles. The van der Waals surface area contributed by atoms with Gasteiger partial charge in [-0.25, -0.2) is 4.68 Å². The molecule has 0 fully saturated rings. The highest BCUT2D eigenvalue weighted by molar-refractivity contribution is 6.41. The Bertz CT molecular complexity index is 1280. The van der Waals surface area contributed by atoms with E-state index in [4.69, 9.17) is 49.4 Å². The van der Waals surface area contributed by atoms with Gasteiger partial charge >= 0.3 is 0 Å². The monoisotopic (exact) mass is 500 g/mol. The van der Waals surface area contributed by atoms with Gasteiger partial charge in [-0.15, -0.1) is 0 Å². The topological polar surface area (TPSA) is 60.7 Å². The van der Waals surface area contributed by atoms with Crippen LogP contribution in [0.5, 0.6) is 11.5 Å². The molecule has 0 saturated carbocycles. The number of aromatic nitrogens is 2. The Morgan fingerprint density at radius 1 is 0.909 bits per heavy atom. The molecule has 0 amide bonds. The van der Waals surface area contributed by atoms with Gasteiger partial charge in [-0.1, -0.05) is 53.0 Å². The summed E-state index contributed by atoms with van der Waals surface area (Å²) < 4.78 is 12.6. The van der Waals surface area contributed by atoms with Crippen LogP contribution in [0.1, 0.15) is 5.56 Å². The maximum Gasteiger partial charge on any atom is 0.161 e. The van der Waals surface area contributed by atoms with E-state index < -0.39 is 0 Å². The van der Waals surface area contributed by atoms with E-state index in [1.165, 1.54) is 0 Å². The van der Waals surface area contributed by atoms with Gasteiger partial charge in [0.15, 0.2) is 11.5 Å². The van der Waals surface area contributed by atoms with E-state index in [-0.39, 0.29) is 0 Å². The van der Waals surface area contributed by atoms with E-state index >= 15 is 0 Å². The number of nitrogens with one attached hydrogen (secondary N) is 1. The summed E-state index contributed by atoms with van der Waals surface area (Å²) in [4.78, 5) is 0. The molecule has 0 atom stereocenters. The fraction of sp³-hybridized carbons (Fsp3) is 0.0833. The molecule has 0 aliphatic rings. The number of anilines is 1. The third kappa shape index (κ3) is 5.09. The summed E-state index contributed by atoms with van der Waals surface area (Å²) in [6.07, 6.45) is 3.54. The summed E-state index contributed by atoms with van der Waals surface area (Å²) in [7, 11) is 3.19. The lowest BCUT2D eigenvalue weighted by atomic mass is 10.1. The number of methoxy groups -OCH3 is 2. The Morgan fingerprint density at radius 2 is 1.61 bits per heavy atom. The Hall–Kier alpha value is -3.19. The van der Waals surface area contributed by atoms with Gasteiger partial charge in [-0.3, -0.25) is 5.43 Å². The van der Waals surface area contributed by atoms with E-state index in [9.17, 15) is 0 Å². The van der Waals surface area contributed by atoms with Gasteiger partial charge in [0.05, 0.1) is 41.9 Å². The highest BCUT2D eigenvalue weighted by atomic mass is 35.5. The van der Waals surface area contributed by atoms with Gasteiger partial charge < -0.3 is 9.47 Å². The fourth-order valence-corrected chi connectivity index (χ4v) is 4.12. The molecular weight excluding hydrogens is 483 g/mol. The van der Waals surface area contributed by atoms with Gasteiger partial charge in [-0.2, -0.15) is 10.2 Å². The second-order valence-electron chi connectivity index (χ2n) is 6.90. The maximum atomic E-state index is 6.24. The minimum Gasteiger partial charge on any atom is -0.493 e. The van der Waals surface area contributed by atoms with Crippen molar-refractivity contribution in [3.63, 3.8) is 0 Å². The van der Waals surface area contributed by atoms with E-state index in [0.717, 1.165) is 16.8 Å². The van der Waals surface area contributed by atoms with Gasteiger partial charge in [0.25, 0.3) is 0 Å². The summed E-state index contributed by atoms with van der Waals surface area (Å²) in [5.74, 6) is 1.23. The lowest BCUT2D eigenvalue weighted by molar-refractivity contribution is 0.355. The number of halogens is 3. The van der Waals surface area contributed by atoms with Crippen LogP contribution in [0.25, 0.3) is 16.9 Å². The van der Waals surface area contributed by atoms with Crippen molar-refractivity contribution in [1.29, 1.82) is 0 Å². The first-order valence-corrected chi connectivity index (χ1v) is 10.9. The zero-order valence-electron chi connectivity index (χ0n) is 17.7. The molecule has 4 rings (SSSR count). The van der Waals surface area contributed by atoms with Crippen molar-refractivity contribution in [2.24, 2.45) is 5.10 Å². The second-order valence-corrected chi connectivity index (χ2v) is 8.15. The summed E-state index contributed by atoms with van der Waals surface area (Å²) in [6, 6.07) is 18.6. The predicted molar refractivity (Wildman–Crippen MR) is 135 cm³/mol. The summed E-state index contributed by atoms with van der Waals surface area (Å²) in [6.45, 7) is 0. The van der Waals surface area contributed by atoms with Crippen LogP contribution in [0, 0.1) is 0 Å². The Labute approximate surface area is 206 Å². The summed E-state index contributed by atoms with van der Waals surface area (Å²) in [5.41, 5.74) is 6.57. The molecule has 0 saturated heterocycles. The second kappa shape index (κ2) is 10.2. The van der Waals surface area contributed by atoms with Crippen molar-refractivity contribution in [1.82, 2.24) is 9.78 Å². The molecule has 0 bridgehead atoms. The van der Waals surface area contributed by atoms with Gasteiger partial charge in [0, 0.05) is 22.3 Å². The van der Waals surface area contributed by atoms with Crippen molar-refractivity contribution in [3.05, 3.63) is 87.5 Å². The molecule has 4 aromatic rings. The molecule has 33 heavy (non-hydrogen) atoms. The Balaban J connectivity index is 1.74. The molecule has 6 nitrogen and oxygen atoms in total. The average Bonchev–Trinajstić information content (AvgIpc) is 3.25. The number of hydrogen-bond acceptors (Lipinski definition) is 5. The summed E-state index contributed by atoms with van der Waals surface area (Å²) in [5, 5.41) is 10.3. The molecule has 0 spiro atoms. The SMILES string of the molecule is COc1ccc(-c2nn(-c3ccccc3)cc2/C=N\Nc2c(Cl)cc(Cl)cc2Cl)cc1OC. The van der Waals surface area contributed by atoms with Crippen molar-refractivity contribution >= 4 is 46.7 Å². The van der Waals surface area contributed by atoms with Crippen molar-refractivity contribution < 1.29 is 9.47 Å². The van der Waals surface area contributed by atoms with Crippen LogP contribution in [-0.4, -0.2) is 30.2 Å². The van der Waals surface area contributed by atoms with Crippen molar-refractivity contribution in [2.45, 2.75) is 0 Å². The van der Waals surface area contributed by atoms with E-state index in [1.807, 2.05) is 54.7 Å². The highest BCUT2D eigenvalue weighted by Crippen LogP contribution is 2.35. The number of para-hydroxylation sites is 1. The zero-order chi connectivity index (χ0) is 23.4. The standard InChI is InChI=1S/C24H19Cl3N4O2/c1-32-21-9-8-15(10-22(21)33-2)23-16(14-31(30-23)18-6-4-3-5-7-18)13-28-29-24-19(26)11-17(25)12-20(24)27/h3-14,29H,1-2H3/b28-13-. The quantitative estimate of drug-likeness (QED) is 0.220. The molecule has 0 unspecified atom stereocenters. The normalized spacial score (nSPS) is 11.1. The molecular formula is C24H19Cl3N4O2. The van der Waals surface area contributed by atoms with Crippen molar-refractivity contribution in [2.75, 3.05) is 19.6 Å². The van der Waals surface area contributed by atoms with Gasteiger partial charge in [-0.05, 0) is 42.5 Å². The first-order valence-electron chi connectivity index (χ1n) is 9.81. The fourth-order valence-electron chi connectivity index (χ4n) is 3.22. The number of nitrogens with zero attached hydrogens (tertiary/aromatic N) is 3. The minimum absolute atomic E-state index is 0.366. The first-order chi connectivity index (χ1) is 16.0. The van der Waals surface area contributed by atoms with Crippen LogP contribution in [-0.2, 0) is 0 Å². The maximum absolute atomic E-state index is 6.24. The molecule has 0 aliphatic heterocycles. The molecule has 1 aromatic heterocycles. The van der Waals surface area contributed by atoms with Crippen LogP contribution in [0.15, 0.2) is 72.0 Å². The number of hydrogen-bond donors (Lipinski definition) is 1. The van der Waals surface area contributed by atoms with E-state index in [0.29, 0.717) is 37.9 Å². The molecule has 1 heterocycles. The number of hydrazone groups is 1. The van der Waals surface area contributed by atoms with Crippen LogP contribution < -0.4 is 14.9 Å². The molecule has 0 radical (unpaired) electrons. The smallest absolute Gasteiger partial charge is 0.161 e. The predicted octanol–water partition coefficient (Wildman–Crippen LogP) is 6.96. The van der Waals surface area contributed by atoms with Gasteiger partial charge in [0.2, 0.25) is 0 Å². The number of benzene rings is 3. The minimum atomic E-state index is 0.366. The third-order valence-corrected chi connectivity index (χ3v) is 5.62. The lowest BCUT2D eigenvalue weighted by Crippen LogP contribution is -1.95. The van der Waals surface area contributed by atoms with Gasteiger partial charge in [0.1, 0.15) is 5.69 Å². The van der Waals surface area contributed by atoms with Crippen LogP contribution in [0.4, 0.5) is 5.69 Å². The average molecular weight is 502 g/mol. The summed E-state index contributed by atoms with van der Waals surface area (Å²) >= 11 is 18.5. The first kappa shape index (κ1) is 23.0. The Morgan fingerprint density at radius 3 is 2.27 bits per heavy atom. The van der Waals surface area contributed by atoms with Crippen LogP contribution >= 0.6 is 34.8 Å².